The van der Waals surface area contributed by atoms with Crippen molar-refractivity contribution >= 4 is 44.4 Å². The minimum atomic E-state index is -0.108. The molecule has 4 aromatic carbocycles. The number of halogens is 1. The van der Waals surface area contributed by atoms with Crippen LogP contribution in [0.25, 0.3) is 27.1 Å². The lowest BCUT2D eigenvalue weighted by molar-refractivity contribution is 0.628. The Hall–Kier alpha value is -3.81. The molecule has 2 aliphatic carbocycles. The molecule has 0 aromatic heterocycles. The molecule has 0 spiro atoms. The summed E-state index contributed by atoms with van der Waals surface area (Å²) in [6, 6.07) is 27.1. The monoisotopic (exact) mass is 665 g/mol. The summed E-state index contributed by atoms with van der Waals surface area (Å²) in [5.41, 5.74) is 12.4. The van der Waals surface area contributed by atoms with E-state index in [1.165, 1.54) is 91.2 Å². The average molecular weight is 666 g/mol. The molecule has 0 unspecified atom stereocenters. The second-order valence-corrected chi connectivity index (χ2v) is 15.8. The van der Waals surface area contributed by atoms with E-state index in [4.69, 9.17) is 11.6 Å². The van der Waals surface area contributed by atoms with E-state index in [0.29, 0.717) is 0 Å². The van der Waals surface area contributed by atoms with Gasteiger partial charge in [-0.15, -0.1) is 0 Å². The summed E-state index contributed by atoms with van der Waals surface area (Å²) in [6.45, 7) is 15.2. The molecule has 1 heterocycles. The molecular weight excluding hydrogens is 614 g/mol. The van der Waals surface area contributed by atoms with Crippen molar-refractivity contribution in [1.29, 1.82) is 0 Å². The van der Waals surface area contributed by atoms with Crippen LogP contribution in [0, 0.1) is 0 Å². The first-order valence-electron chi connectivity index (χ1n) is 18.7. The predicted molar refractivity (Wildman–Crippen MR) is 215 cm³/mol. The van der Waals surface area contributed by atoms with Crippen LogP contribution in [-0.4, -0.2) is 6.54 Å². The zero-order valence-corrected chi connectivity index (χ0v) is 31.2. The first kappa shape index (κ1) is 33.7. The molecule has 7 rings (SSSR count). The molecule has 0 bridgehead atoms. The van der Waals surface area contributed by atoms with E-state index < -0.39 is 0 Å². The van der Waals surface area contributed by atoms with Gasteiger partial charge in [-0.1, -0.05) is 151 Å². The van der Waals surface area contributed by atoms with Crippen molar-refractivity contribution in [2.24, 2.45) is 0 Å². The van der Waals surface area contributed by atoms with Crippen molar-refractivity contribution in [3.8, 4) is 0 Å². The van der Waals surface area contributed by atoms with Gasteiger partial charge in [0.05, 0.1) is 0 Å². The Balaban J connectivity index is 1.26. The highest BCUT2D eigenvalue weighted by Crippen LogP contribution is 2.52. The van der Waals surface area contributed by atoms with Crippen molar-refractivity contribution in [3.05, 3.63) is 141 Å². The zero-order chi connectivity index (χ0) is 34.3. The summed E-state index contributed by atoms with van der Waals surface area (Å²) in [7, 11) is 0. The van der Waals surface area contributed by atoms with Gasteiger partial charge < -0.3 is 4.90 Å². The van der Waals surface area contributed by atoms with Gasteiger partial charge in [0.15, 0.2) is 0 Å². The molecule has 0 saturated carbocycles. The molecule has 4 aromatic rings. The second kappa shape index (κ2) is 13.5. The Morgan fingerprint density at radius 1 is 0.714 bits per heavy atom. The summed E-state index contributed by atoms with van der Waals surface area (Å²) >= 11 is 7.34. The smallest absolute Gasteiger partial charge is 0.0469 e. The van der Waals surface area contributed by atoms with Crippen LogP contribution < -0.4 is 4.90 Å². The fourth-order valence-electron chi connectivity index (χ4n) is 8.95. The second-order valence-electron chi connectivity index (χ2n) is 15.4. The molecule has 1 aliphatic heterocycles. The van der Waals surface area contributed by atoms with E-state index in [1.54, 1.807) is 0 Å². The van der Waals surface area contributed by atoms with Gasteiger partial charge in [0.1, 0.15) is 0 Å². The van der Waals surface area contributed by atoms with Crippen LogP contribution in [0.3, 0.4) is 0 Å². The van der Waals surface area contributed by atoms with E-state index >= 15 is 0 Å². The van der Waals surface area contributed by atoms with Gasteiger partial charge in [0.2, 0.25) is 0 Å². The van der Waals surface area contributed by atoms with Crippen LogP contribution in [0.15, 0.2) is 125 Å². The molecule has 0 N–H and O–H groups in total. The first-order valence-corrected chi connectivity index (χ1v) is 19.1. The third-order valence-electron chi connectivity index (χ3n) is 11.5. The molecule has 0 saturated heterocycles. The largest absolute Gasteiger partial charge is 0.344 e. The quantitative estimate of drug-likeness (QED) is 0.172. The van der Waals surface area contributed by atoms with Crippen LogP contribution in [0.5, 0.6) is 0 Å². The van der Waals surface area contributed by atoms with Crippen molar-refractivity contribution < 1.29 is 0 Å². The number of benzene rings is 4. The van der Waals surface area contributed by atoms with E-state index in [2.05, 4.69) is 144 Å². The molecule has 0 radical (unpaired) electrons. The lowest BCUT2D eigenvalue weighted by Crippen LogP contribution is -2.27. The Bertz CT molecular complexity index is 2080. The number of hydrogen-bond donors (Lipinski definition) is 0. The van der Waals surface area contributed by atoms with Crippen LogP contribution in [-0.2, 0) is 10.8 Å². The minimum absolute atomic E-state index is 0.0737. The maximum atomic E-state index is 7.34. The molecule has 2 heteroatoms. The maximum absolute atomic E-state index is 7.34. The number of rotatable bonds is 9. The first-order chi connectivity index (χ1) is 23.7. The van der Waals surface area contributed by atoms with Gasteiger partial charge in [-0.05, 0) is 111 Å². The number of hydrogen-bond acceptors (Lipinski definition) is 1. The third-order valence-corrected chi connectivity index (χ3v) is 12.0. The normalized spacial score (nSPS) is 20.1. The van der Waals surface area contributed by atoms with E-state index in [-0.39, 0.29) is 10.8 Å². The number of unbranched alkanes of at least 4 members (excludes halogenated alkanes) is 2. The van der Waals surface area contributed by atoms with E-state index in [0.717, 1.165) is 43.7 Å². The van der Waals surface area contributed by atoms with Crippen molar-refractivity contribution in [3.63, 3.8) is 0 Å². The molecule has 252 valence electrons. The Morgan fingerprint density at radius 3 is 2.10 bits per heavy atom. The lowest BCUT2D eigenvalue weighted by Gasteiger charge is -2.27. The van der Waals surface area contributed by atoms with Crippen LogP contribution in [0.1, 0.15) is 110 Å². The van der Waals surface area contributed by atoms with Crippen LogP contribution >= 0.6 is 11.6 Å². The highest BCUT2D eigenvalue weighted by molar-refractivity contribution is 6.32. The van der Waals surface area contributed by atoms with Crippen molar-refractivity contribution in [2.45, 2.75) is 104 Å². The standard InChI is InChI=1S/C47H52ClN/c1-7-9-20-38-39-27-23-32-16-11-13-21-36(32)43(39)46(3,4)40(38)28-24-34-18-15-19-35(45(34)48)26-30-42-47(5,6)44-37-22-14-12-17-33(37)25-29-41(44)49(42)31-10-8-2/h11-14,16-17,21-30H,7-10,15,18-20,31H2,1-6H3/b28-24+,35-26?,42-30+. The Labute approximate surface area is 299 Å². The van der Waals surface area contributed by atoms with E-state index in [9.17, 15) is 0 Å². The molecule has 0 amide bonds. The summed E-state index contributed by atoms with van der Waals surface area (Å²) < 4.78 is 0. The van der Waals surface area contributed by atoms with Crippen LogP contribution in [0.4, 0.5) is 5.69 Å². The van der Waals surface area contributed by atoms with E-state index in [1.807, 2.05) is 0 Å². The maximum Gasteiger partial charge on any atom is 0.0469 e. The van der Waals surface area contributed by atoms with Gasteiger partial charge in [0.25, 0.3) is 0 Å². The molecule has 0 atom stereocenters. The molecular formula is C47H52ClN. The predicted octanol–water partition coefficient (Wildman–Crippen LogP) is 13.9. The lowest BCUT2D eigenvalue weighted by atomic mass is 9.78. The highest BCUT2D eigenvalue weighted by atomic mass is 35.5. The average Bonchev–Trinajstić information content (AvgIpc) is 3.46. The number of nitrogens with zero attached hydrogens (tertiary/aromatic N) is 1. The highest BCUT2D eigenvalue weighted by Gasteiger charge is 2.41. The molecule has 1 nitrogen and oxygen atoms in total. The molecule has 3 aliphatic rings. The fourth-order valence-corrected chi connectivity index (χ4v) is 9.26. The number of anilines is 1. The summed E-state index contributed by atoms with van der Waals surface area (Å²) in [5, 5.41) is 6.32. The Morgan fingerprint density at radius 2 is 1.39 bits per heavy atom. The minimum Gasteiger partial charge on any atom is -0.344 e. The summed E-state index contributed by atoms with van der Waals surface area (Å²) in [4.78, 5) is 2.58. The fraction of sp³-hybridized carbons (Fsp3) is 0.362. The topological polar surface area (TPSA) is 3.24 Å². The molecule has 0 fully saturated rings. The summed E-state index contributed by atoms with van der Waals surface area (Å²) in [5.74, 6) is 0. The van der Waals surface area contributed by atoms with Gasteiger partial charge in [0, 0.05) is 33.8 Å². The number of allylic oxidation sites excluding steroid dienone is 10. The summed E-state index contributed by atoms with van der Waals surface area (Å²) in [6.07, 6.45) is 18.5. The zero-order valence-electron chi connectivity index (χ0n) is 30.4. The third kappa shape index (κ3) is 5.83. The van der Waals surface area contributed by atoms with Crippen molar-refractivity contribution in [2.75, 3.05) is 11.4 Å². The van der Waals surface area contributed by atoms with Gasteiger partial charge in [-0.2, -0.15) is 0 Å². The SMILES string of the molecule is CCCCC1=C(/C=C/C2=C(Cl)C(=C/C=C3/N(CCCC)c4ccc5ccccc5c4C3(C)C)CCC2)C(C)(C)c2c1ccc1ccccc21. The molecule has 49 heavy (non-hydrogen) atoms. The van der Waals surface area contributed by atoms with Crippen LogP contribution in [0.2, 0.25) is 0 Å². The number of fused-ring (bicyclic) bond motifs is 6. The Kier molecular flexibility index (Phi) is 9.27. The van der Waals surface area contributed by atoms with Gasteiger partial charge in [-0.25, -0.2) is 0 Å². The van der Waals surface area contributed by atoms with Gasteiger partial charge in [-0.3, -0.25) is 0 Å². The van der Waals surface area contributed by atoms with Crippen molar-refractivity contribution in [1.82, 2.24) is 0 Å². The van der Waals surface area contributed by atoms with Gasteiger partial charge >= 0.3 is 0 Å².